The Balaban J connectivity index is 2.90. The van der Waals surface area contributed by atoms with Crippen molar-refractivity contribution in [2.24, 2.45) is 0 Å². The maximum Gasteiger partial charge on any atom is 0.0828 e. The third kappa shape index (κ3) is 4.05. The van der Waals surface area contributed by atoms with Gasteiger partial charge in [-0.3, -0.25) is 0 Å². The lowest BCUT2D eigenvalue weighted by Crippen LogP contribution is -2.52. The molecule has 0 saturated heterocycles. The van der Waals surface area contributed by atoms with Crippen LogP contribution in [0.3, 0.4) is 0 Å². The number of nitrogens with one attached hydrogen (secondary N) is 1. The molecule has 0 aliphatic carbocycles. The molecule has 0 saturated carbocycles. The van der Waals surface area contributed by atoms with E-state index in [0.717, 1.165) is 25.8 Å². The highest BCUT2D eigenvalue weighted by Crippen LogP contribution is 2.26. The molecule has 0 spiro atoms. The van der Waals surface area contributed by atoms with Crippen LogP contribution >= 0.6 is 0 Å². The van der Waals surface area contributed by atoms with Crippen LogP contribution in [0.1, 0.15) is 44.7 Å². The van der Waals surface area contributed by atoms with Crippen LogP contribution in [0, 0.1) is 6.92 Å². The number of hydrogen-bond donors (Lipinski definition) is 1. The Hall–Kier alpha value is -0.860. The maximum absolute atomic E-state index is 5.88. The van der Waals surface area contributed by atoms with Crippen molar-refractivity contribution in [1.29, 1.82) is 0 Å². The number of rotatable bonds is 8. The van der Waals surface area contributed by atoms with Gasteiger partial charge in [-0.15, -0.1) is 0 Å². The molecule has 1 N–H and O–H groups in total. The molecule has 108 valence electrons. The van der Waals surface area contributed by atoms with Crippen molar-refractivity contribution < 1.29 is 4.74 Å². The first-order chi connectivity index (χ1) is 9.11. The highest BCUT2D eigenvalue weighted by Gasteiger charge is 2.35. The number of hydrogen-bond acceptors (Lipinski definition) is 2. The van der Waals surface area contributed by atoms with Gasteiger partial charge in [0.05, 0.1) is 5.60 Å². The van der Waals surface area contributed by atoms with Gasteiger partial charge in [-0.25, -0.2) is 0 Å². The molecule has 0 fully saturated rings. The van der Waals surface area contributed by atoms with E-state index in [1.54, 1.807) is 0 Å². The summed E-state index contributed by atoms with van der Waals surface area (Å²) in [5.41, 5.74) is 2.62. The maximum atomic E-state index is 5.88. The Morgan fingerprint density at radius 2 is 1.68 bits per heavy atom. The van der Waals surface area contributed by atoms with E-state index in [-0.39, 0.29) is 5.60 Å². The molecule has 0 bridgehead atoms. The summed E-state index contributed by atoms with van der Waals surface area (Å²) in [4.78, 5) is 0. The van der Waals surface area contributed by atoms with Crippen LogP contribution < -0.4 is 5.32 Å². The van der Waals surface area contributed by atoms with Crippen molar-refractivity contribution in [3.8, 4) is 0 Å². The molecule has 1 aromatic carbocycles. The largest absolute Gasteiger partial charge is 0.377 e. The molecule has 0 aliphatic heterocycles. The van der Waals surface area contributed by atoms with Crippen molar-refractivity contribution >= 4 is 0 Å². The number of likely N-dealkylation sites (N-methyl/N-ethyl adjacent to an activating group) is 1. The number of methoxy groups -OCH3 is 1. The van der Waals surface area contributed by atoms with E-state index in [1.807, 2.05) is 7.11 Å². The summed E-state index contributed by atoms with van der Waals surface area (Å²) in [5, 5.41) is 3.61. The Bertz CT molecular complexity index is 346. The summed E-state index contributed by atoms with van der Waals surface area (Å²) < 4.78 is 5.88. The van der Waals surface area contributed by atoms with Crippen molar-refractivity contribution in [2.75, 3.05) is 13.7 Å². The van der Waals surface area contributed by atoms with Crippen LogP contribution in [0.5, 0.6) is 0 Å². The van der Waals surface area contributed by atoms with Crippen molar-refractivity contribution in [1.82, 2.24) is 5.32 Å². The minimum atomic E-state index is -0.0686. The highest BCUT2D eigenvalue weighted by molar-refractivity contribution is 5.22. The van der Waals surface area contributed by atoms with E-state index in [9.17, 15) is 0 Å². The zero-order valence-electron chi connectivity index (χ0n) is 13.1. The molecule has 1 rings (SSSR count). The third-order valence-corrected chi connectivity index (χ3v) is 4.25. The molecule has 1 aromatic rings. The smallest absolute Gasteiger partial charge is 0.0828 e. The predicted molar refractivity (Wildman–Crippen MR) is 82.7 cm³/mol. The number of ether oxygens (including phenoxy) is 1. The van der Waals surface area contributed by atoms with Crippen LogP contribution in [0.15, 0.2) is 24.3 Å². The summed E-state index contributed by atoms with van der Waals surface area (Å²) in [6, 6.07) is 9.19. The average molecular weight is 263 g/mol. The molecule has 0 radical (unpaired) electrons. The fourth-order valence-corrected chi connectivity index (χ4v) is 2.82. The normalized spacial score (nSPS) is 13.5. The SMILES string of the molecule is CCNC(Cc1ccc(C)cc1)C(CC)(CC)OC. The zero-order valence-corrected chi connectivity index (χ0v) is 13.1. The lowest BCUT2D eigenvalue weighted by molar-refractivity contribution is -0.0468. The number of benzene rings is 1. The molecule has 2 heteroatoms. The van der Waals surface area contributed by atoms with Crippen molar-refractivity contribution in [3.63, 3.8) is 0 Å². The Morgan fingerprint density at radius 1 is 1.11 bits per heavy atom. The molecule has 1 atom stereocenters. The molecule has 0 aromatic heterocycles. The van der Waals surface area contributed by atoms with E-state index in [2.05, 4.69) is 57.3 Å². The minimum absolute atomic E-state index is 0.0686. The van der Waals surface area contributed by atoms with Gasteiger partial charge in [-0.1, -0.05) is 50.6 Å². The third-order valence-electron chi connectivity index (χ3n) is 4.25. The fraction of sp³-hybridized carbons (Fsp3) is 0.647. The second-order valence-corrected chi connectivity index (χ2v) is 5.28. The van der Waals surface area contributed by atoms with Crippen LogP contribution in [0.2, 0.25) is 0 Å². The van der Waals surface area contributed by atoms with Gasteiger partial charge in [0.2, 0.25) is 0 Å². The zero-order chi connectivity index (χ0) is 14.3. The predicted octanol–water partition coefficient (Wildman–Crippen LogP) is 3.72. The molecule has 2 nitrogen and oxygen atoms in total. The van der Waals surface area contributed by atoms with Crippen molar-refractivity contribution in [2.45, 2.75) is 58.6 Å². The Kier molecular flexibility index (Phi) is 6.53. The lowest BCUT2D eigenvalue weighted by Gasteiger charge is -2.39. The van der Waals surface area contributed by atoms with E-state index < -0.39 is 0 Å². The Morgan fingerprint density at radius 3 is 2.11 bits per heavy atom. The van der Waals surface area contributed by atoms with Gasteiger partial charge >= 0.3 is 0 Å². The first-order valence-corrected chi connectivity index (χ1v) is 7.45. The van der Waals surface area contributed by atoms with E-state index >= 15 is 0 Å². The van der Waals surface area contributed by atoms with E-state index in [1.165, 1.54) is 11.1 Å². The molecule has 19 heavy (non-hydrogen) atoms. The minimum Gasteiger partial charge on any atom is -0.377 e. The summed E-state index contributed by atoms with van der Waals surface area (Å²) >= 11 is 0. The monoisotopic (exact) mass is 263 g/mol. The summed E-state index contributed by atoms with van der Waals surface area (Å²) in [7, 11) is 1.84. The van der Waals surface area contributed by atoms with Gasteiger partial charge in [0.25, 0.3) is 0 Å². The van der Waals surface area contributed by atoms with Crippen LogP contribution in [-0.4, -0.2) is 25.3 Å². The second-order valence-electron chi connectivity index (χ2n) is 5.28. The molecular formula is C17H29NO. The van der Waals surface area contributed by atoms with Gasteiger partial charge in [-0.2, -0.15) is 0 Å². The van der Waals surface area contributed by atoms with E-state index in [4.69, 9.17) is 4.74 Å². The van der Waals surface area contributed by atoms with Crippen LogP contribution in [0.25, 0.3) is 0 Å². The molecular weight excluding hydrogens is 234 g/mol. The van der Waals surface area contributed by atoms with Gasteiger partial charge < -0.3 is 10.1 Å². The molecule has 1 unspecified atom stereocenters. The molecule has 0 amide bonds. The van der Waals surface area contributed by atoms with Crippen molar-refractivity contribution in [3.05, 3.63) is 35.4 Å². The summed E-state index contributed by atoms with van der Waals surface area (Å²) in [5.74, 6) is 0. The first kappa shape index (κ1) is 16.2. The quantitative estimate of drug-likeness (QED) is 0.772. The first-order valence-electron chi connectivity index (χ1n) is 7.45. The van der Waals surface area contributed by atoms with Gasteiger partial charge in [0, 0.05) is 13.2 Å². The topological polar surface area (TPSA) is 21.3 Å². The van der Waals surface area contributed by atoms with E-state index in [0.29, 0.717) is 6.04 Å². The Labute approximate surface area is 118 Å². The number of aryl methyl sites for hydroxylation is 1. The van der Waals surface area contributed by atoms with Gasteiger partial charge in [-0.05, 0) is 38.3 Å². The lowest BCUT2D eigenvalue weighted by atomic mass is 9.84. The van der Waals surface area contributed by atoms with Gasteiger partial charge in [0.1, 0.15) is 0 Å². The average Bonchev–Trinajstić information content (AvgIpc) is 2.44. The van der Waals surface area contributed by atoms with Crippen LogP contribution in [-0.2, 0) is 11.2 Å². The highest BCUT2D eigenvalue weighted by atomic mass is 16.5. The molecule has 0 aliphatic rings. The van der Waals surface area contributed by atoms with Crippen LogP contribution in [0.4, 0.5) is 0 Å². The second kappa shape index (κ2) is 7.66. The summed E-state index contributed by atoms with van der Waals surface area (Å²) in [6.07, 6.45) is 3.08. The van der Waals surface area contributed by atoms with Gasteiger partial charge in [0.15, 0.2) is 0 Å². The fourth-order valence-electron chi connectivity index (χ4n) is 2.82. The molecule has 0 heterocycles. The standard InChI is InChI=1S/C17H29NO/c1-6-17(7-2,19-5)16(18-8-3)13-15-11-9-14(4)10-12-15/h9-12,16,18H,6-8,13H2,1-5H3. The summed E-state index contributed by atoms with van der Waals surface area (Å²) in [6.45, 7) is 9.69.